The average molecular weight is 388 g/mol. The maximum Gasteiger partial charge on any atom is 0.335 e. The summed E-state index contributed by atoms with van der Waals surface area (Å²) in [5.41, 5.74) is 1.50. The number of aromatic nitrogens is 2. The minimum atomic E-state index is -1.03. The fraction of sp³-hybridized carbons (Fsp3) is 0.0556. The Kier molecular flexibility index (Phi) is 5.00. The van der Waals surface area contributed by atoms with E-state index in [2.05, 4.69) is 15.5 Å². The summed E-state index contributed by atoms with van der Waals surface area (Å²) in [6.07, 6.45) is 1.30. The predicted molar refractivity (Wildman–Crippen MR) is 96.9 cm³/mol. The van der Waals surface area contributed by atoms with Crippen LogP contribution in [0.15, 0.2) is 42.6 Å². The summed E-state index contributed by atoms with van der Waals surface area (Å²) < 4.78 is 0. The van der Waals surface area contributed by atoms with Gasteiger partial charge in [-0.25, -0.2) is 4.79 Å². The summed E-state index contributed by atoms with van der Waals surface area (Å²) in [7, 11) is 0. The van der Waals surface area contributed by atoms with Crippen LogP contribution in [0.3, 0.4) is 0 Å². The molecule has 0 saturated heterocycles. The molecule has 3 rings (SSSR count). The maximum atomic E-state index is 12.5. The van der Waals surface area contributed by atoms with Gasteiger partial charge in [-0.15, -0.1) is 0 Å². The molecule has 5 N–H and O–H groups in total. The number of carbonyl (C=O) groups is 2. The number of H-pyrrole nitrogens is 1. The number of benzene rings is 2. The number of phenolic OH excluding ortho intramolecular Hbond substituents is 2. The molecule has 1 aromatic heterocycles. The van der Waals surface area contributed by atoms with Gasteiger partial charge in [-0.2, -0.15) is 5.10 Å². The number of phenols is 2. The number of aromatic amines is 1. The van der Waals surface area contributed by atoms with E-state index in [0.717, 1.165) is 6.07 Å². The van der Waals surface area contributed by atoms with Crippen molar-refractivity contribution < 1.29 is 24.9 Å². The van der Waals surface area contributed by atoms with E-state index in [9.17, 15) is 19.8 Å². The number of aromatic carboxylic acids is 1. The predicted octanol–water partition coefficient (Wildman–Crippen LogP) is 2.77. The molecule has 0 aliphatic heterocycles. The summed E-state index contributed by atoms with van der Waals surface area (Å²) >= 11 is 5.87. The fourth-order valence-electron chi connectivity index (χ4n) is 2.46. The molecule has 138 valence electrons. The van der Waals surface area contributed by atoms with Crippen molar-refractivity contribution in [2.75, 3.05) is 0 Å². The van der Waals surface area contributed by atoms with Gasteiger partial charge in [0.1, 0.15) is 11.5 Å². The Bertz CT molecular complexity index is 1010. The first-order chi connectivity index (χ1) is 12.9. The first kappa shape index (κ1) is 18.3. The summed E-state index contributed by atoms with van der Waals surface area (Å²) in [6, 6.07) is 8.50. The SMILES string of the molecule is O=C(O)c1ccc(CNC(=O)c2cn[nH]c2-c2cc(Cl)c(O)cc2O)cc1. The number of carbonyl (C=O) groups excluding carboxylic acids is 1. The molecule has 9 heteroatoms. The van der Waals surface area contributed by atoms with Crippen molar-refractivity contribution in [1.29, 1.82) is 0 Å². The number of hydrogen-bond donors (Lipinski definition) is 5. The lowest BCUT2D eigenvalue weighted by Crippen LogP contribution is -2.23. The zero-order chi connectivity index (χ0) is 19.6. The van der Waals surface area contributed by atoms with E-state index in [1.807, 2.05) is 0 Å². The number of rotatable bonds is 5. The van der Waals surface area contributed by atoms with Gasteiger partial charge in [0.2, 0.25) is 0 Å². The Hall–Kier alpha value is -3.52. The Balaban J connectivity index is 1.78. The van der Waals surface area contributed by atoms with E-state index in [4.69, 9.17) is 16.7 Å². The highest BCUT2D eigenvalue weighted by molar-refractivity contribution is 6.32. The summed E-state index contributed by atoms with van der Waals surface area (Å²) in [5.74, 6) is -2.03. The van der Waals surface area contributed by atoms with Crippen molar-refractivity contribution >= 4 is 23.5 Å². The highest BCUT2D eigenvalue weighted by Gasteiger charge is 2.19. The first-order valence-electron chi connectivity index (χ1n) is 7.72. The summed E-state index contributed by atoms with van der Waals surface area (Å²) in [6.45, 7) is 0.172. The molecule has 27 heavy (non-hydrogen) atoms. The van der Waals surface area contributed by atoms with Crippen molar-refractivity contribution in [2.24, 2.45) is 0 Å². The molecule has 0 unspecified atom stereocenters. The van der Waals surface area contributed by atoms with Crippen LogP contribution in [0, 0.1) is 0 Å². The molecule has 1 amide bonds. The number of amides is 1. The molecule has 8 nitrogen and oxygen atoms in total. The van der Waals surface area contributed by atoms with Gasteiger partial charge >= 0.3 is 5.97 Å². The van der Waals surface area contributed by atoms with Crippen molar-refractivity contribution in [2.45, 2.75) is 6.54 Å². The van der Waals surface area contributed by atoms with E-state index < -0.39 is 11.9 Å². The van der Waals surface area contributed by atoms with Crippen molar-refractivity contribution in [3.8, 4) is 22.8 Å². The van der Waals surface area contributed by atoms with Crippen LogP contribution in [0.1, 0.15) is 26.3 Å². The summed E-state index contributed by atoms with van der Waals surface area (Å²) in [4.78, 5) is 23.3. The lowest BCUT2D eigenvalue weighted by Gasteiger charge is -2.09. The van der Waals surface area contributed by atoms with Gasteiger partial charge in [-0.1, -0.05) is 23.7 Å². The molecule has 2 aromatic carbocycles. The second-order valence-corrected chi connectivity index (χ2v) is 6.07. The molecule has 0 fully saturated rings. The van der Waals surface area contributed by atoms with Crippen LogP contribution in [0.5, 0.6) is 11.5 Å². The van der Waals surface area contributed by atoms with Gasteiger partial charge in [0.25, 0.3) is 5.91 Å². The fourth-order valence-corrected chi connectivity index (χ4v) is 2.62. The molecule has 0 spiro atoms. The first-order valence-corrected chi connectivity index (χ1v) is 8.10. The zero-order valence-corrected chi connectivity index (χ0v) is 14.5. The standard InChI is InChI=1S/C18H14ClN3O5/c19-13-5-11(14(23)6-15(13)24)16-12(8-21-22-16)17(25)20-7-9-1-3-10(4-2-9)18(26)27/h1-6,8,23-24H,7H2,(H,20,25)(H,21,22)(H,26,27). The zero-order valence-electron chi connectivity index (χ0n) is 13.7. The lowest BCUT2D eigenvalue weighted by atomic mass is 10.1. The Morgan fingerprint density at radius 1 is 1.11 bits per heavy atom. The van der Waals surface area contributed by atoms with E-state index in [1.54, 1.807) is 12.1 Å². The van der Waals surface area contributed by atoms with E-state index >= 15 is 0 Å². The van der Waals surface area contributed by atoms with Gasteiger partial charge in [0.15, 0.2) is 0 Å². The lowest BCUT2D eigenvalue weighted by molar-refractivity contribution is 0.0696. The monoisotopic (exact) mass is 387 g/mol. The number of nitrogens with zero attached hydrogens (tertiary/aromatic N) is 1. The van der Waals surface area contributed by atoms with Crippen molar-refractivity contribution in [1.82, 2.24) is 15.5 Å². The van der Waals surface area contributed by atoms with Crippen LogP contribution in [-0.4, -0.2) is 37.4 Å². The van der Waals surface area contributed by atoms with Crippen molar-refractivity contribution in [3.05, 3.63) is 64.3 Å². The van der Waals surface area contributed by atoms with E-state index in [0.29, 0.717) is 5.56 Å². The van der Waals surface area contributed by atoms with E-state index in [1.165, 1.54) is 24.4 Å². The Morgan fingerprint density at radius 2 is 1.81 bits per heavy atom. The molecule has 0 atom stereocenters. The number of hydrogen-bond acceptors (Lipinski definition) is 5. The summed E-state index contributed by atoms with van der Waals surface area (Å²) in [5, 5.41) is 37.6. The molecule has 0 aliphatic carbocycles. The van der Waals surface area contributed by atoms with Crippen LogP contribution < -0.4 is 5.32 Å². The topological polar surface area (TPSA) is 136 Å². The third kappa shape index (κ3) is 3.85. The number of nitrogens with one attached hydrogen (secondary N) is 2. The van der Waals surface area contributed by atoms with Crippen molar-refractivity contribution in [3.63, 3.8) is 0 Å². The highest BCUT2D eigenvalue weighted by Crippen LogP contribution is 2.37. The van der Waals surface area contributed by atoms with Gasteiger partial charge in [0.05, 0.1) is 28.0 Å². The van der Waals surface area contributed by atoms with Crippen LogP contribution in [0.25, 0.3) is 11.3 Å². The number of halogens is 1. The van der Waals surface area contributed by atoms with Crippen LogP contribution in [0.4, 0.5) is 0 Å². The largest absolute Gasteiger partial charge is 0.507 e. The molecule has 1 heterocycles. The number of aromatic hydroxyl groups is 2. The van der Waals surface area contributed by atoms with Crippen LogP contribution in [-0.2, 0) is 6.54 Å². The highest BCUT2D eigenvalue weighted by atomic mass is 35.5. The Morgan fingerprint density at radius 3 is 2.48 bits per heavy atom. The molecule has 0 aliphatic rings. The quantitative estimate of drug-likeness (QED) is 0.456. The van der Waals surface area contributed by atoms with Crippen LogP contribution in [0.2, 0.25) is 5.02 Å². The number of carboxylic acids is 1. The van der Waals surface area contributed by atoms with Gasteiger partial charge in [-0.05, 0) is 23.8 Å². The molecule has 0 bridgehead atoms. The third-order valence-corrected chi connectivity index (χ3v) is 4.18. The smallest absolute Gasteiger partial charge is 0.335 e. The molecule has 0 radical (unpaired) electrons. The average Bonchev–Trinajstić information content (AvgIpc) is 3.12. The Labute approximate surface area is 158 Å². The number of carboxylic acid groups (broad SMARTS) is 1. The van der Waals surface area contributed by atoms with Gasteiger partial charge in [0, 0.05) is 18.2 Å². The van der Waals surface area contributed by atoms with Gasteiger partial charge < -0.3 is 20.6 Å². The molecular weight excluding hydrogens is 374 g/mol. The minimum Gasteiger partial charge on any atom is -0.507 e. The minimum absolute atomic E-state index is 0.0160. The second kappa shape index (κ2) is 7.38. The second-order valence-electron chi connectivity index (χ2n) is 5.66. The molecule has 0 saturated carbocycles. The molecular formula is C18H14ClN3O5. The van der Waals surface area contributed by atoms with Crippen LogP contribution >= 0.6 is 11.6 Å². The normalized spacial score (nSPS) is 10.6. The maximum absolute atomic E-state index is 12.5. The van der Waals surface area contributed by atoms with E-state index in [-0.39, 0.29) is 45.5 Å². The third-order valence-electron chi connectivity index (χ3n) is 3.87. The van der Waals surface area contributed by atoms with Gasteiger partial charge in [-0.3, -0.25) is 9.89 Å². The molecule has 3 aromatic rings.